The van der Waals surface area contributed by atoms with Crippen LogP contribution in [0.2, 0.25) is 5.02 Å². The van der Waals surface area contributed by atoms with Crippen molar-refractivity contribution in [1.82, 2.24) is 0 Å². The predicted octanol–water partition coefficient (Wildman–Crippen LogP) is 4.30. The minimum absolute atomic E-state index is 0.250. The van der Waals surface area contributed by atoms with Gasteiger partial charge in [-0.1, -0.05) is 29.8 Å². The Morgan fingerprint density at radius 3 is 2.70 bits per heavy atom. The lowest BCUT2D eigenvalue weighted by atomic mass is 10.1. The van der Waals surface area contributed by atoms with Crippen LogP contribution in [-0.2, 0) is 0 Å². The monoisotopic (exact) mass is 289 g/mol. The van der Waals surface area contributed by atoms with Crippen molar-refractivity contribution < 1.29 is 9.53 Å². The van der Waals surface area contributed by atoms with Crippen LogP contribution in [0, 0.1) is 6.92 Å². The summed E-state index contributed by atoms with van der Waals surface area (Å²) in [5, 5.41) is 3.26. The third-order valence-electron chi connectivity index (χ3n) is 2.80. The summed E-state index contributed by atoms with van der Waals surface area (Å²) < 4.78 is 5.54. The molecule has 2 aromatic rings. The number of rotatable bonds is 4. The summed E-state index contributed by atoms with van der Waals surface area (Å²) in [5.41, 5.74) is 2.16. The standard InChI is InChI=1S/C16H16ClNO2/c1-3-20-15-10-11(2)8-9-14(15)18-16(19)12-6-4-5-7-13(12)17/h4-10H,3H2,1-2H3,(H,18,19). The van der Waals surface area contributed by atoms with Gasteiger partial charge in [0.05, 0.1) is 22.9 Å². The number of hydrogen-bond donors (Lipinski definition) is 1. The van der Waals surface area contributed by atoms with Gasteiger partial charge in [0.2, 0.25) is 0 Å². The lowest BCUT2D eigenvalue weighted by molar-refractivity contribution is 0.102. The van der Waals surface area contributed by atoms with Gasteiger partial charge in [0.1, 0.15) is 5.75 Å². The quantitative estimate of drug-likeness (QED) is 0.911. The van der Waals surface area contributed by atoms with Crippen molar-refractivity contribution in [3.8, 4) is 5.75 Å². The van der Waals surface area contributed by atoms with Gasteiger partial charge in [-0.05, 0) is 43.7 Å². The van der Waals surface area contributed by atoms with E-state index in [2.05, 4.69) is 5.32 Å². The number of anilines is 1. The van der Waals surface area contributed by atoms with Crippen LogP contribution in [0.5, 0.6) is 5.75 Å². The number of aryl methyl sites for hydroxylation is 1. The molecule has 3 nitrogen and oxygen atoms in total. The van der Waals surface area contributed by atoms with Crippen LogP contribution in [-0.4, -0.2) is 12.5 Å². The van der Waals surface area contributed by atoms with Crippen molar-refractivity contribution in [3.63, 3.8) is 0 Å². The van der Waals surface area contributed by atoms with Gasteiger partial charge in [0.25, 0.3) is 5.91 Å². The van der Waals surface area contributed by atoms with Gasteiger partial charge in [-0.2, -0.15) is 0 Å². The summed E-state index contributed by atoms with van der Waals surface area (Å²) in [7, 11) is 0. The van der Waals surface area contributed by atoms with Crippen molar-refractivity contribution in [1.29, 1.82) is 0 Å². The van der Waals surface area contributed by atoms with Gasteiger partial charge < -0.3 is 10.1 Å². The molecule has 20 heavy (non-hydrogen) atoms. The lowest BCUT2D eigenvalue weighted by Crippen LogP contribution is -2.13. The van der Waals surface area contributed by atoms with E-state index in [1.165, 1.54) is 0 Å². The van der Waals surface area contributed by atoms with Crippen molar-refractivity contribution in [3.05, 3.63) is 58.6 Å². The van der Waals surface area contributed by atoms with Crippen molar-refractivity contribution in [2.75, 3.05) is 11.9 Å². The second kappa shape index (κ2) is 6.44. The molecule has 0 radical (unpaired) electrons. The molecule has 2 rings (SSSR count). The summed E-state index contributed by atoms with van der Waals surface area (Å²) in [4.78, 5) is 12.2. The third kappa shape index (κ3) is 3.31. The number of hydrogen-bond acceptors (Lipinski definition) is 2. The number of benzene rings is 2. The zero-order chi connectivity index (χ0) is 14.5. The molecule has 0 aliphatic carbocycles. The van der Waals surface area contributed by atoms with Crippen molar-refractivity contribution in [2.24, 2.45) is 0 Å². The number of carbonyl (C=O) groups is 1. The molecule has 0 atom stereocenters. The molecule has 0 spiro atoms. The second-order valence-electron chi connectivity index (χ2n) is 4.37. The fraction of sp³-hybridized carbons (Fsp3) is 0.188. The molecule has 1 N–H and O–H groups in total. The highest BCUT2D eigenvalue weighted by Gasteiger charge is 2.12. The average molecular weight is 290 g/mol. The smallest absolute Gasteiger partial charge is 0.257 e. The molecular formula is C16H16ClNO2. The number of halogens is 1. The van der Waals surface area contributed by atoms with E-state index in [-0.39, 0.29) is 5.91 Å². The Morgan fingerprint density at radius 2 is 2.00 bits per heavy atom. The number of carbonyl (C=O) groups excluding carboxylic acids is 1. The van der Waals surface area contributed by atoms with Gasteiger partial charge in [-0.3, -0.25) is 4.79 Å². The Labute approximate surface area is 123 Å². The minimum Gasteiger partial charge on any atom is -0.492 e. The average Bonchev–Trinajstić information content (AvgIpc) is 2.42. The summed E-state index contributed by atoms with van der Waals surface area (Å²) >= 11 is 6.02. The first kappa shape index (κ1) is 14.4. The molecule has 0 saturated heterocycles. The summed E-state index contributed by atoms with van der Waals surface area (Å²) in [6.45, 7) is 4.42. The van der Waals surface area contributed by atoms with E-state index in [1.54, 1.807) is 24.3 Å². The zero-order valence-electron chi connectivity index (χ0n) is 11.4. The molecule has 104 valence electrons. The van der Waals surface area contributed by atoms with E-state index in [1.807, 2.05) is 32.0 Å². The SMILES string of the molecule is CCOc1cc(C)ccc1NC(=O)c1ccccc1Cl. The first-order valence-electron chi connectivity index (χ1n) is 6.41. The van der Waals surface area contributed by atoms with Crippen LogP contribution >= 0.6 is 11.6 Å². The highest BCUT2D eigenvalue weighted by molar-refractivity contribution is 6.34. The summed E-state index contributed by atoms with van der Waals surface area (Å²) in [6.07, 6.45) is 0. The molecule has 0 bridgehead atoms. The number of ether oxygens (including phenoxy) is 1. The third-order valence-corrected chi connectivity index (χ3v) is 3.13. The van der Waals surface area contributed by atoms with Gasteiger partial charge in [0.15, 0.2) is 0 Å². The molecule has 4 heteroatoms. The Hall–Kier alpha value is -2.00. The zero-order valence-corrected chi connectivity index (χ0v) is 12.2. The predicted molar refractivity (Wildman–Crippen MR) is 81.8 cm³/mol. The van der Waals surface area contributed by atoms with E-state index in [0.29, 0.717) is 28.6 Å². The highest BCUT2D eigenvalue weighted by Crippen LogP contribution is 2.27. The summed E-state index contributed by atoms with van der Waals surface area (Å²) in [5.74, 6) is 0.410. The Kier molecular flexibility index (Phi) is 4.64. The molecule has 0 aliphatic heterocycles. The molecule has 0 fully saturated rings. The van der Waals surface area contributed by atoms with Crippen LogP contribution in [0.3, 0.4) is 0 Å². The Balaban J connectivity index is 2.26. The van der Waals surface area contributed by atoms with Crippen LogP contribution < -0.4 is 10.1 Å². The Morgan fingerprint density at radius 1 is 1.25 bits per heavy atom. The van der Waals surface area contributed by atoms with Gasteiger partial charge >= 0.3 is 0 Å². The molecular weight excluding hydrogens is 274 g/mol. The normalized spacial score (nSPS) is 10.2. The van der Waals surface area contributed by atoms with Crippen LogP contribution in [0.15, 0.2) is 42.5 Å². The molecule has 0 aromatic heterocycles. The van der Waals surface area contributed by atoms with E-state index in [9.17, 15) is 4.79 Å². The van der Waals surface area contributed by atoms with Crippen LogP contribution in [0.25, 0.3) is 0 Å². The van der Waals surface area contributed by atoms with Gasteiger partial charge in [-0.25, -0.2) is 0 Å². The molecule has 0 unspecified atom stereocenters. The minimum atomic E-state index is -0.250. The largest absolute Gasteiger partial charge is 0.492 e. The maximum Gasteiger partial charge on any atom is 0.257 e. The maximum atomic E-state index is 12.2. The van der Waals surface area contributed by atoms with Crippen LogP contribution in [0.4, 0.5) is 5.69 Å². The maximum absolute atomic E-state index is 12.2. The fourth-order valence-electron chi connectivity index (χ4n) is 1.84. The second-order valence-corrected chi connectivity index (χ2v) is 4.77. The van der Waals surface area contributed by atoms with E-state index in [4.69, 9.17) is 16.3 Å². The molecule has 1 amide bonds. The van der Waals surface area contributed by atoms with Crippen molar-refractivity contribution in [2.45, 2.75) is 13.8 Å². The van der Waals surface area contributed by atoms with E-state index >= 15 is 0 Å². The molecule has 0 saturated carbocycles. The van der Waals surface area contributed by atoms with E-state index < -0.39 is 0 Å². The number of nitrogens with one attached hydrogen (secondary N) is 1. The Bertz CT molecular complexity index is 626. The highest BCUT2D eigenvalue weighted by atomic mass is 35.5. The van der Waals surface area contributed by atoms with Gasteiger partial charge in [0, 0.05) is 0 Å². The van der Waals surface area contributed by atoms with Gasteiger partial charge in [-0.15, -0.1) is 0 Å². The number of amides is 1. The molecule has 2 aromatic carbocycles. The van der Waals surface area contributed by atoms with Crippen LogP contribution in [0.1, 0.15) is 22.8 Å². The molecule has 0 aliphatic rings. The van der Waals surface area contributed by atoms with E-state index in [0.717, 1.165) is 5.56 Å². The molecule has 0 heterocycles. The first-order chi connectivity index (χ1) is 9.61. The summed E-state index contributed by atoms with van der Waals surface area (Å²) in [6, 6.07) is 12.6. The van der Waals surface area contributed by atoms with Crippen molar-refractivity contribution >= 4 is 23.2 Å². The first-order valence-corrected chi connectivity index (χ1v) is 6.79. The lowest BCUT2D eigenvalue weighted by Gasteiger charge is -2.12. The fourth-order valence-corrected chi connectivity index (χ4v) is 2.06. The topological polar surface area (TPSA) is 38.3 Å².